The molecule has 0 aromatic rings. The van der Waals surface area contributed by atoms with Gasteiger partial charge in [-0.2, -0.15) is 0 Å². The number of unbranched alkanes of at least 4 members (excludes halogenated alkanes) is 4. The van der Waals surface area contributed by atoms with Crippen LogP contribution in [0.2, 0.25) is 0 Å². The van der Waals surface area contributed by atoms with Gasteiger partial charge in [0.2, 0.25) is 0 Å². The van der Waals surface area contributed by atoms with E-state index in [4.69, 9.17) is 5.11 Å². The molecule has 0 aromatic carbocycles. The molecule has 0 aliphatic carbocycles. The molecular formula is C34H60N2O4. The SMILES string of the molecule is C=CCC1C(C(CCCCCCCC(=O)O)(C(=O)O)C2CC(C)(C)NC(C)(C)C2CC=C)CC(C)(C)NC1(C)C. The van der Waals surface area contributed by atoms with Gasteiger partial charge < -0.3 is 20.8 Å². The summed E-state index contributed by atoms with van der Waals surface area (Å²) < 4.78 is 0. The highest BCUT2D eigenvalue weighted by Crippen LogP contribution is 2.59. The number of carbonyl (C=O) groups is 2. The van der Waals surface area contributed by atoms with Crippen LogP contribution in [-0.4, -0.2) is 44.3 Å². The third-order valence-electron chi connectivity index (χ3n) is 10.2. The van der Waals surface area contributed by atoms with E-state index in [0.29, 0.717) is 12.8 Å². The molecule has 4 N–H and O–H groups in total. The van der Waals surface area contributed by atoms with Crippen molar-refractivity contribution in [3.63, 3.8) is 0 Å². The first-order valence-electron chi connectivity index (χ1n) is 15.6. The molecule has 4 unspecified atom stereocenters. The summed E-state index contributed by atoms with van der Waals surface area (Å²) in [4.78, 5) is 25.0. The predicted octanol–water partition coefficient (Wildman–Crippen LogP) is 7.59. The summed E-state index contributed by atoms with van der Waals surface area (Å²) in [5.74, 6) is -1.19. The largest absolute Gasteiger partial charge is 0.481 e. The summed E-state index contributed by atoms with van der Waals surface area (Å²) in [7, 11) is 0. The van der Waals surface area contributed by atoms with Gasteiger partial charge in [0.15, 0.2) is 0 Å². The Morgan fingerprint density at radius 2 is 1.15 bits per heavy atom. The Kier molecular flexibility index (Phi) is 11.3. The van der Waals surface area contributed by atoms with E-state index in [1.54, 1.807) is 0 Å². The van der Waals surface area contributed by atoms with Crippen LogP contribution in [-0.2, 0) is 9.59 Å². The Morgan fingerprint density at radius 1 is 0.750 bits per heavy atom. The minimum absolute atomic E-state index is 0.0247. The van der Waals surface area contributed by atoms with Crippen LogP contribution < -0.4 is 10.6 Å². The Morgan fingerprint density at radius 3 is 1.52 bits per heavy atom. The summed E-state index contributed by atoms with van der Waals surface area (Å²) in [6.45, 7) is 26.0. The van der Waals surface area contributed by atoms with Crippen molar-refractivity contribution in [2.24, 2.45) is 29.1 Å². The van der Waals surface area contributed by atoms with Crippen molar-refractivity contribution in [1.82, 2.24) is 10.6 Å². The fourth-order valence-corrected chi connectivity index (χ4v) is 9.07. The number of rotatable bonds is 15. The van der Waals surface area contributed by atoms with Gasteiger partial charge in [0.1, 0.15) is 0 Å². The van der Waals surface area contributed by atoms with Gasteiger partial charge in [-0.15, -0.1) is 13.2 Å². The van der Waals surface area contributed by atoms with Crippen molar-refractivity contribution >= 4 is 11.9 Å². The number of nitrogens with one attached hydrogen (secondary N) is 2. The van der Waals surface area contributed by atoms with Gasteiger partial charge in [-0.25, -0.2) is 0 Å². The van der Waals surface area contributed by atoms with Crippen molar-refractivity contribution in [2.75, 3.05) is 0 Å². The van der Waals surface area contributed by atoms with Gasteiger partial charge >= 0.3 is 11.9 Å². The highest BCUT2D eigenvalue weighted by atomic mass is 16.4. The average Bonchev–Trinajstić information content (AvgIpc) is 2.77. The number of piperidine rings is 2. The van der Waals surface area contributed by atoms with E-state index < -0.39 is 17.4 Å². The molecule has 230 valence electrons. The Hall–Kier alpha value is -1.66. The molecule has 0 amide bonds. The second-order valence-corrected chi connectivity index (χ2v) is 15.4. The molecule has 6 heteroatoms. The number of allylic oxidation sites excluding steroid dienone is 2. The van der Waals surface area contributed by atoms with Crippen LogP contribution in [0.1, 0.15) is 126 Å². The number of aliphatic carboxylic acids is 2. The van der Waals surface area contributed by atoms with Gasteiger partial charge in [-0.05, 0) is 118 Å². The molecule has 2 aliphatic rings. The fourth-order valence-electron chi connectivity index (χ4n) is 9.07. The summed E-state index contributed by atoms with van der Waals surface area (Å²) in [5.41, 5.74) is -1.80. The Labute approximate surface area is 244 Å². The van der Waals surface area contributed by atoms with Crippen LogP contribution in [0.5, 0.6) is 0 Å². The molecule has 4 atom stereocenters. The maximum Gasteiger partial charge on any atom is 0.310 e. The van der Waals surface area contributed by atoms with Crippen molar-refractivity contribution in [3.8, 4) is 0 Å². The fraction of sp³-hybridized carbons (Fsp3) is 0.824. The lowest BCUT2D eigenvalue weighted by molar-refractivity contribution is -0.176. The zero-order valence-electron chi connectivity index (χ0n) is 26.9. The van der Waals surface area contributed by atoms with Crippen LogP contribution in [0.25, 0.3) is 0 Å². The zero-order valence-corrected chi connectivity index (χ0v) is 26.9. The second kappa shape index (κ2) is 13.1. The molecule has 6 nitrogen and oxygen atoms in total. The topological polar surface area (TPSA) is 98.7 Å². The van der Waals surface area contributed by atoms with E-state index in [-0.39, 0.29) is 52.2 Å². The summed E-state index contributed by atoms with van der Waals surface area (Å²) in [6.07, 6.45) is 12.2. The van der Waals surface area contributed by atoms with Crippen LogP contribution in [0, 0.1) is 29.1 Å². The van der Waals surface area contributed by atoms with Crippen molar-refractivity contribution in [3.05, 3.63) is 25.3 Å². The van der Waals surface area contributed by atoms with E-state index in [2.05, 4.69) is 79.2 Å². The normalized spacial score (nSPS) is 30.1. The predicted molar refractivity (Wildman–Crippen MR) is 165 cm³/mol. The molecule has 2 heterocycles. The number of hydrogen-bond donors (Lipinski definition) is 4. The molecule has 0 spiro atoms. The number of carboxylic acid groups (broad SMARTS) is 2. The molecule has 2 rings (SSSR count). The van der Waals surface area contributed by atoms with E-state index >= 15 is 0 Å². The molecule has 2 aliphatic heterocycles. The van der Waals surface area contributed by atoms with Crippen molar-refractivity contribution in [1.29, 1.82) is 0 Å². The molecule has 0 saturated carbocycles. The van der Waals surface area contributed by atoms with Crippen molar-refractivity contribution in [2.45, 2.75) is 148 Å². The molecule has 2 saturated heterocycles. The lowest BCUT2D eigenvalue weighted by Gasteiger charge is -2.62. The lowest BCUT2D eigenvalue weighted by Crippen LogP contribution is -2.70. The highest BCUT2D eigenvalue weighted by Gasteiger charge is 2.63. The van der Waals surface area contributed by atoms with Gasteiger partial charge in [0.05, 0.1) is 5.41 Å². The highest BCUT2D eigenvalue weighted by molar-refractivity contribution is 5.76. The summed E-state index contributed by atoms with van der Waals surface area (Å²) in [5, 5.41) is 28.2. The van der Waals surface area contributed by atoms with E-state index in [9.17, 15) is 14.7 Å². The van der Waals surface area contributed by atoms with Gasteiger partial charge in [0, 0.05) is 28.6 Å². The molecule has 0 aromatic heterocycles. The van der Waals surface area contributed by atoms with Crippen LogP contribution in [0.4, 0.5) is 0 Å². The molecular weight excluding hydrogens is 500 g/mol. The Bertz CT molecular complexity index is 854. The first-order valence-corrected chi connectivity index (χ1v) is 15.6. The molecule has 40 heavy (non-hydrogen) atoms. The monoisotopic (exact) mass is 560 g/mol. The maximum atomic E-state index is 14.0. The van der Waals surface area contributed by atoms with Gasteiger partial charge in [-0.1, -0.05) is 37.8 Å². The van der Waals surface area contributed by atoms with E-state index in [0.717, 1.165) is 51.4 Å². The molecule has 0 bridgehead atoms. The molecule has 2 fully saturated rings. The Balaban J connectivity index is 2.66. The second-order valence-electron chi connectivity index (χ2n) is 15.4. The summed E-state index contributed by atoms with van der Waals surface area (Å²) in [6, 6.07) is 0. The van der Waals surface area contributed by atoms with Crippen LogP contribution >= 0.6 is 0 Å². The average molecular weight is 561 g/mol. The van der Waals surface area contributed by atoms with E-state index in [1.165, 1.54) is 0 Å². The number of hydrogen-bond acceptors (Lipinski definition) is 4. The lowest BCUT2D eigenvalue weighted by atomic mass is 9.47. The number of carboxylic acids is 2. The third-order valence-corrected chi connectivity index (χ3v) is 10.2. The maximum absolute atomic E-state index is 14.0. The summed E-state index contributed by atoms with van der Waals surface area (Å²) >= 11 is 0. The van der Waals surface area contributed by atoms with Crippen LogP contribution in [0.15, 0.2) is 25.3 Å². The molecule has 0 radical (unpaired) electrons. The first kappa shape index (κ1) is 34.5. The minimum atomic E-state index is -0.907. The zero-order chi connectivity index (χ0) is 30.6. The van der Waals surface area contributed by atoms with Crippen LogP contribution in [0.3, 0.4) is 0 Å². The third kappa shape index (κ3) is 8.00. The minimum Gasteiger partial charge on any atom is -0.481 e. The van der Waals surface area contributed by atoms with E-state index in [1.807, 2.05) is 12.2 Å². The van der Waals surface area contributed by atoms with Gasteiger partial charge in [0.25, 0.3) is 0 Å². The van der Waals surface area contributed by atoms with Gasteiger partial charge in [-0.3, -0.25) is 9.59 Å². The standard InChI is InChI=1S/C34H60N2O4/c1-11-18-24-26(22-30(3,4)35-32(24,7)8)34(29(39)40,21-17-15-13-14-16-20-28(37)38)27-23-31(5,6)36-33(9,10)25(27)19-12-2/h11-12,24-27,35-36H,1-2,13-23H2,3-10H3,(H,37,38)(H,39,40). The van der Waals surface area contributed by atoms with Crippen molar-refractivity contribution < 1.29 is 19.8 Å². The quantitative estimate of drug-likeness (QED) is 0.122. The first-order chi connectivity index (χ1) is 18.3. The smallest absolute Gasteiger partial charge is 0.310 e.